The molecule has 0 aromatic heterocycles. The minimum atomic E-state index is 0.252. The van der Waals surface area contributed by atoms with Crippen LogP contribution in [-0.4, -0.2) is 12.9 Å². The van der Waals surface area contributed by atoms with E-state index in [0.717, 1.165) is 34.4 Å². The Hall–Kier alpha value is -2.09. The van der Waals surface area contributed by atoms with E-state index in [1.165, 1.54) is 0 Å². The van der Waals surface area contributed by atoms with Gasteiger partial charge in [0, 0.05) is 17.5 Å². The minimum Gasteiger partial charge on any atom is -0.496 e. The van der Waals surface area contributed by atoms with Gasteiger partial charge in [-0.05, 0) is 23.6 Å². The summed E-state index contributed by atoms with van der Waals surface area (Å²) in [6.07, 6.45) is 1.46. The molecule has 1 aliphatic carbocycles. The van der Waals surface area contributed by atoms with Crippen molar-refractivity contribution in [2.75, 3.05) is 7.11 Å². The third-order valence-corrected chi connectivity index (χ3v) is 3.48. The first kappa shape index (κ1) is 11.0. The number of hydrogen-bond donors (Lipinski definition) is 0. The molecule has 0 saturated heterocycles. The van der Waals surface area contributed by atoms with Crippen LogP contribution >= 0.6 is 0 Å². The van der Waals surface area contributed by atoms with Crippen LogP contribution in [0.25, 0.3) is 11.1 Å². The van der Waals surface area contributed by atoms with Crippen LogP contribution in [0.3, 0.4) is 0 Å². The van der Waals surface area contributed by atoms with Gasteiger partial charge in [-0.25, -0.2) is 0 Å². The third-order valence-electron chi connectivity index (χ3n) is 3.48. The smallest absolute Gasteiger partial charge is 0.163 e. The number of carbonyl (C=O) groups is 1. The van der Waals surface area contributed by atoms with Gasteiger partial charge in [0.15, 0.2) is 5.78 Å². The first-order valence-corrected chi connectivity index (χ1v) is 6.09. The number of fused-ring (bicyclic) bond motifs is 1. The highest BCUT2D eigenvalue weighted by atomic mass is 16.5. The summed E-state index contributed by atoms with van der Waals surface area (Å²) in [5.74, 6) is 1.10. The molecule has 1 aliphatic rings. The van der Waals surface area contributed by atoms with E-state index in [1.807, 2.05) is 36.4 Å². The lowest BCUT2D eigenvalue weighted by Gasteiger charge is -2.11. The van der Waals surface area contributed by atoms with E-state index in [4.69, 9.17) is 4.74 Å². The molecule has 0 atom stereocenters. The van der Waals surface area contributed by atoms with Gasteiger partial charge in [0.25, 0.3) is 0 Å². The van der Waals surface area contributed by atoms with Crippen molar-refractivity contribution in [3.8, 4) is 16.9 Å². The molecule has 0 heterocycles. The number of hydrogen-bond acceptors (Lipinski definition) is 2. The maximum atomic E-state index is 11.8. The zero-order valence-electron chi connectivity index (χ0n) is 10.3. The van der Waals surface area contributed by atoms with Crippen molar-refractivity contribution in [3.63, 3.8) is 0 Å². The van der Waals surface area contributed by atoms with Crippen LogP contribution in [-0.2, 0) is 6.42 Å². The van der Waals surface area contributed by atoms with Crippen molar-refractivity contribution in [1.82, 2.24) is 0 Å². The molecule has 0 bridgehead atoms. The first-order chi connectivity index (χ1) is 8.81. The molecular weight excluding hydrogens is 224 g/mol. The molecule has 0 fully saturated rings. The maximum absolute atomic E-state index is 11.8. The average Bonchev–Trinajstić information content (AvgIpc) is 2.81. The molecule has 0 saturated carbocycles. The summed E-state index contributed by atoms with van der Waals surface area (Å²) in [4.78, 5) is 11.8. The van der Waals surface area contributed by atoms with Crippen LogP contribution in [0.4, 0.5) is 0 Å². The molecule has 0 amide bonds. The van der Waals surface area contributed by atoms with Gasteiger partial charge in [-0.2, -0.15) is 0 Å². The number of carbonyl (C=O) groups excluding carboxylic acids is 1. The molecule has 0 spiro atoms. The van der Waals surface area contributed by atoms with E-state index in [2.05, 4.69) is 6.07 Å². The van der Waals surface area contributed by atoms with Crippen LogP contribution in [0.1, 0.15) is 22.3 Å². The number of Topliss-reactive ketones (excluding diaryl/α,β-unsaturated/α-hetero) is 1. The summed E-state index contributed by atoms with van der Waals surface area (Å²) in [6.45, 7) is 0. The number of ketones is 1. The molecule has 2 heteroatoms. The van der Waals surface area contributed by atoms with Gasteiger partial charge in [-0.15, -0.1) is 0 Å². The molecule has 0 aliphatic heterocycles. The Morgan fingerprint density at radius 3 is 2.44 bits per heavy atom. The summed E-state index contributed by atoms with van der Waals surface area (Å²) < 4.78 is 5.40. The van der Waals surface area contributed by atoms with E-state index >= 15 is 0 Å². The number of ether oxygens (including phenoxy) is 1. The molecule has 0 N–H and O–H groups in total. The van der Waals surface area contributed by atoms with Crippen molar-refractivity contribution >= 4 is 5.78 Å². The second-order valence-electron chi connectivity index (χ2n) is 4.46. The highest BCUT2D eigenvalue weighted by molar-refractivity contribution is 6.02. The standard InChI is InChI=1S/C16H14O2/c1-18-16-8-3-2-5-14(16)11-6-4-7-13-12(11)9-10-15(13)17/h2-8H,9-10H2,1H3. The van der Waals surface area contributed by atoms with Crippen molar-refractivity contribution < 1.29 is 9.53 Å². The van der Waals surface area contributed by atoms with Crippen molar-refractivity contribution in [2.45, 2.75) is 12.8 Å². The zero-order chi connectivity index (χ0) is 12.5. The molecule has 0 unspecified atom stereocenters. The van der Waals surface area contributed by atoms with Crippen LogP contribution in [0.5, 0.6) is 5.75 Å². The Labute approximate surface area is 106 Å². The molecular formula is C16H14O2. The molecule has 90 valence electrons. The lowest BCUT2D eigenvalue weighted by molar-refractivity contribution is 0.0994. The fraction of sp³-hybridized carbons (Fsp3) is 0.188. The Balaban J connectivity index is 2.22. The van der Waals surface area contributed by atoms with Gasteiger partial charge < -0.3 is 4.74 Å². The fourth-order valence-corrected chi connectivity index (χ4v) is 2.61. The van der Waals surface area contributed by atoms with Crippen molar-refractivity contribution in [2.24, 2.45) is 0 Å². The average molecular weight is 238 g/mol. The SMILES string of the molecule is COc1ccccc1-c1cccc2c1CCC2=O. The monoisotopic (exact) mass is 238 g/mol. The molecule has 2 nitrogen and oxygen atoms in total. The number of methoxy groups -OCH3 is 1. The van der Waals surface area contributed by atoms with Crippen LogP contribution in [0.15, 0.2) is 42.5 Å². The summed E-state index contributed by atoms with van der Waals surface area (Å²) in [5.41, 5.74) is 4.22. The Bertz CT molecular complexity index is 614. The second-order valence-corrected chi connectivity index (χ2v) is 4.46. The second kappa shape index (κ2) is 4.30. The molecule has 0 radical (unpaired) electrons. The van der Waals surface area contributed by atoms with Crippen LogP contribution < -0.4 is 4.74 Å². The van der Waals surface area contributed by atoms with E-state index in [1.54, 1.807) is 7.11 Å². The maximum Gasteiger partial charge on any atom is 0.163 e. The van der Waals surface area contributed by atoms with Gasteiger partial charge in [0.05, 0.1) is 7.11 Å². The quantitative estimate of drug-likeness (QED) is 0.800. The third kappa shape index (κ3) is 1.61. The van der Waals surface area contributed by atoms with Crippen LogP contribution in [0.2, 0.25) is 0 Å². The van der Waals surface area contributed by atoms with Gasteiger partial charge in [0.1, 0.15) is 5.75 Å². The predicted molar refractivity (Wildman–Crippen MR) is 71.1 cm³/mol. The number of rotatable bonds is 2. The molecule has 2 aromatic rings. The summed E-state index contributed by atoms with van der Waals surface area (Å²) >= 11 is 0. The minimum absolute atomic E-state index is 0.252. The summed E-state index contributed by atoms with van der Waals surface area (Å²) in [7, 11) is 1.67. The fourth-order valence-electron chi connectivity index (χ4n) is 2.61. The summed E-state index contributed by atoms with van der Waals surface area (Å²) in [6, 6.07) is 13.9. The summed E-state index contributed by atoms with van der Waals surface area (Å²) in [5, 5.41) is 0. The molecule has 3 rings (SSSR count). The van der Waals surface area contributed by atoms with E-state index in [-0.39, 0.29) is 5.78 Å². The Morgan fingerprint density at radius 2 is 1.61 bits per heavy atom. The highest BCUT2D eigenvalue weighted by Crippen LogP contribution is 2.36. The van der Waals surface area contributed by atoms with Gasteiger partial charge >= 0.3 is 0 Å². The van der Waals surface area contributed by atoms with Gasteiger partial charge in [-0.1, -0.05) is 36.4 Å². The zero-order valence-corrected chi connectivity index (χ0v) is 10.3. The number of benzene rings is 2. The van der Waals surface area contributed by atoms with Crippen LogP contribution in [0, 0.1) is 0 Å². The Morgan fingerprint density at radius 1 is 0.889 bits per heavy atom. The van der Waals surface area contributed by atoms with Gasteiger partial charge in [-0.3, -0.25) is 4.79 Å². The lowest BCUT2D eigenvalue weighted by Crippen LogP contribution is -1.94. The number of para-hydroxylation sites is 1. The molecule has 18 heavy (non-hydrogen) atoms. The normalized spacial score (nSPS) is 13.5. The van der Waals surface area contributed by atoms with Gasteiger partial charge in [0.2, 0.25) is 0 Å². The molecule has 2 aromatic carbocycles. The largest absolute Gasteiger partial charge is 0.496 e. The van der Waals surface area contributed by atoms with E-state index < -0.39 is 0 Å². The topological polar surface area (TPSA) is 26.3 Å². The Kier molecular flexibility index (Phi) is 2.63. The lowest BCUT2D eigenvalue weighted by atomic mass is 9.96. The van der Waals surface area contributed by atoms with E-state index in [0.29, 0.717) is 6.42 Å². The first-order valence-electron chi connectivity index (χ1n) is 6.09. The predicted octanol–water partition coefficient (Wildman–Crippen LogP) is 3.49. The highest BCUT2D eigenvalue weighted by Gasteiger charge is 2.23. The van der Waals surface area contributed by atoms with Crippen molar-refractivity contribution in [3.05, 3.63) is 53.6 Å². The van der Waals surface area contributed by atoms with E-state index in [9.17, 15) is 4.79 Å². The van der Waals surface area contributed by atoms with Crippen molar-refractivity contribution in [1.29, 1.82) is 0 Å².